The molecule has 1 aliphatic heterocycles. The van der Waals surface area contributed by atoms with Gasteiger partial charge in [-0.2, -0.15) is 0 Å². The largest absolute Gasteiger partial charge is 0.486 e. The van der Waals surface area contributed by atoms with Crippen molar-refractivity contribution in [3.05, 3.63) is 64.2 Å². The highest BCUT2D eigenvalue weighted by Crippen LogP contribution is 2.33. The zero-order valence-electron chi connectivity index (χ0n) is 17.2. The van der Waals surface area contributed by atoms with E-state index in [1.807, 2.05) is 29.2 Å². The number of ether oxygens (including phenoxy) is 3. The number of pyridine rings is 2. The number of thiocarbonyl (C=S) groups is 1. The average molecular weight is 441 g/mol. The van der Waals surface area contributed by atoms with E-state index < -0.39 is 0 Å². The standard InChI is InChI=1S/C22H24N4O4S/c1-28-6-5-24-22(31)26(13-15-3-2-4-23-12-15)14-17-9-16-10-19-20(30-8-7-29-19)11-18(16)25-21(17)27/h2-4,9-12H,5-8,13-14H2,1H3,(H,24,31)(H,25,27). The van der Waals surface area contributed by atoms with Crippen molar-refractivity contribution in [1.29, 1.82) is 0 Å². The van der Waals surface area contributed by atoms with Crippen LogP contribution in [0.3, 0.4) is 0 Å². The summed E-state index contributed by atoms with van der Waals surface area (Å²) in [5, 5.41) is 4.60. The van der Waals surface area contributed by atoms with E-state index >= 15 is 0 Å². The summed E-state index contributed by atoms with van der Waals surface area (Å²) in [6.45, 7) is 2.98. The van der Waals surface area contributed by atoms with Gasteiger partial charge in [0.05, 0.1) is 18.7 Å². The Balaban J connectivity index is 1.62. The first-order chi connectivity index (χ1) is 15.1. The van der Waals surface area contributed by atoms with Crippen molar-refractivity contribution in [3.8, 4) is 11.5 Å². The molecular weight excluding hydrogens is 416 g/mol. The fourth-order valence-corrected chi connectivity index (χ4v) is 3.63. The molecule has 1 aliphatic rings. The van der Waals surface area contributed by atoms with Gasteiger partial charge < -0.3 is 29.4 Å². The maximum absolute atomic E-state index is 12.8. The third-order valence-electron chi connectivity index (χ3n) is 4.91. The summed E-state index contributed by atoms with van der Waals surface area (Å²) < 4.78 is 16.4. The molecular formula is C22H24N4O4S. The SMILES string of the molecule is COCCNC(=S)N(Cc1cccnc1)Cc1cc2cc3c(cc2[nH]c1=O)OCCO3. The fourth-order valence-electron chi connectivity index (χ4n) is 3.39. The number of aromatic nitrogens is 2. The van der Waals surface area contributed by atoms with Gasteiger partial charge in [0.15, 0.2) is 16.6 Å². The van der Waals surface area contributed by atoms with Crippen molar-refractivity contribution in [3.63, 3.8) is 0 Å². The Morgan fingerprint density at radius 2 is 2.06 bits per heavy atom. The molecule has 3 heterocycles. The van der Waals surface area contributed by atoms with Crippen LogP contribution in [0, 0.1) is 0 Å². The Morgan fingerprint density at radius 3 is 2.81 bits per heavy atom. The Hall–Kier alpha value is -3.17. The number of aromatic amines is 1. The lowest BCUT2D eigenvalue weighted by atomic mass is 10.1. The lowest BCUT2D eigenvalue weighted by molar-refractivity contribution is 0.172. The van der Waals surface area contributed by atoms with Crippen molar-refractivity contribution in [2.75, 3.05) is 33.5 Å². The number of methoxy groups -OCH3 is 1. The van der Waals surface area contributed by atoms with Crippen LogP contribution >= 0.6 is 12.2 Å². The quantitative estimate of drug-likeness (QED) is 0.427. The molecule has 4 rings (SSSR count). The second-order valence-corrected chi connectivity index (χ2v) is 7.54. The number of hydrogen-bond donors (Lipinski definition) is 2. The Morgan fingerprint density at radius 1 is 1.26 bits per heavy atom. The molecule has 0 atom stereocenters. The molecule has 0 bridgehead atoms. The van der Waals surface area contributed by atoms with E-state index in [-0.39, 0.29) is 5.56 Å². The van der Waals surface area contributed by atoms with Crippen LogP contribution in [-0.4, -0.2) is 53.5 Å². The van der Waals surface area contributed by atoms with Gasteiger partial charge in [-0.1, -0.05) is 6.07 Å². The van der Waals surface area contributed by atoms with Crippen LogP contribution in [0.25, 0.3) is 10.9 Å². The van der Waals surface area contributed by atoms with Crippen molar-refractivity contribution < 1.29 is 14.2 Å². The van der Waals surface area contributed by atoms with Crippen molar-refractivity contribution in [2.45, 2.75) is 13.1 Å². The third-order valence-corrected chi connectivity index (χ3v) is 5.31. The molecule has 0 fully saturated rings. The van der Waals surface area contributed by atoms with Crippen molar-refractivity contribution in [2.24, 2.45) is 0 Å². The normalized spacial score (nSPS) is 12.5. The van der Waals surface area contributed by atoms with Gasteiger partial charge in [-0.25, -0.2) is 0 Å². The molecule has 9 heteroatoms. The summed E-state index contributed by atoms with van der Waals surface area (Å²) >= 11 is 5.60. The number of benzene rings is 1. The molecule has 0 amide bonds. The molecule has 2 N–H and O–H groups in total. The lowest BCUT2D eigenvalue weighted by Crippen LogP contribution is -2.41. The van der Waals surface area contributed by atoms with E-state index in [0.717, 1.165) is 10.9 Å². The minimum atomic E-state index is -0.167. The van der Waals surface area contributed by atoms with Crippen LogP contribution in [-0.2, 0) is 17.8 Å². The van der Waals surface area contributed by atoms with Gasteiger partial charge in [-0.05, 0) is 36.0 Å². The van der Waals surface area contributed by atoms with E-state index in [1.54, 1.807) is 25.6 Å². The van der Waals surface area contributed by atoms with Crippen LogP contribution in [0.1, 0.15) is 11.1 Å². The van der Waals surface area contributed by atoms with Gasteiger partial charge in [0.2, 0.25) is 0 Å². The van der Waals surface area contributed by atoms with Gasteiger partial charge in [0.25, 0.3) is 5.56 Å². The Kier molecular flexibility index (Phi) is 6.63. The Labute approximate surface area is 185 Å². The first-order valence-electron chi connectivity index (χ1n) is 10.00. The number of nitrogens with zero attached hydrogens (tertiary/aromatic N) is 2. The van der Waals surface area contributed by atoms with E-state index in [4.69, 9.17) is 26.4 Å². The minimum absolute atomic E-state index is 0.167. The van der Waals surface area contributed by atoms with E-state index in [2.05, 4.69) is 15.3 Å². The number of hydrogen-bond acceptors (Lipinski definition) is 6. The van der Waals surface area contributed by atoms with Crippen LogP contribution in [0.15, 0.2) is 47.5 Å². The zero-order chi connectivity index (χ0) is 21.6. The van der Waals surface area contributed by atoms with Crippen LogP contribution in [0.2, 0.25) is 0 Å². The fraction of sp³-hybridized carbons (Fsp3) is 0.318. The van der Waals surface area contributed by atoms with Gasteiger partial charge in [-0.3, -0.25) is 9.78 Å². The number of fused-ring (bicyclic) bond motifs is 2. The van der Waals surface area contributed by atoms with Gasteiger partial charge in [0.1, 0.15) is 13.2 Å². The van der Waals surface area contributed by atoms with Gasteiger partial charge in [-0.15, -0.1) is 0 Å². The van der Waals surface area contributed by atoms with Crippen LogP contribution in [0.4, 0.5) is 0 Å². The van der Waals surface area contributed by atoms with Gasteiger partial charge in [0, 0.05) is 49.6 Å². The molecule has 3 aromatic rings. The number of nitrogens with one attached hydrogen (secondary N) is 2. The van der Waals surface area contributed by atoms with E-state index in [0.29, 0.717) is 67.1 Å². The molecule has 0 saturated heterocycles. The molecule has 2 aromatic heterocycles. The molecule has 0 saturated carbocycles. The van der Waals surface area contributed by atoms with Gasteiger partial charge >= 0.3 is 0 Å². The summed E-state index contributed by atoms with van der Waals surface area (Å²) in [6, 6.07) is 9.43. The molecule has 0 spiro atoms. The van der Waals surface area contributed by atoms with E-state index in [1.165, 1.54) is 0 Å². The van der Waals surface area contributed by atoms with Crippen LogP contribution < -0.4 is 20.3 Å². The minimum Gasteiger partial charge on any atom is -0.486 e. The number of rotatable bonds is 7. The van der Waals surface area contributed by atoms with E-state index in [9.17, 15) is 4.79 Å². The highest BCUT2D eigenvalue weighted by molar-refractivity contribution is 7.80. The molecule has 8 nitrogen and oxygen atoms in total. The monoisotopic (exact) mass is 440 g/mol. The molecule has 162 valence electrons. The molecule has 0 aliphatic carbocycles. The summed E-state index contributed by atoms with van der Waals surface area (Å²) in [4.78, 5) is 21.9. The second-order valence-electron chi connectivity index (χ2n) is 7.15. The maximum atomic E-state index is 12.8. The van der Waals surface area contributed by atoms with Crippen LogP contribution in [0.5, 0.6) is 11.5 Å². The zero-order valence-corrected chi connectivity index (χ0v) is 18.0. The Bertz CT molecular complexity index is 1120. The molecule has 1 aromatic carbocycles. The topological polar surface area (TPSA) is 88.7 Å². The van der Waals surface area contributed by atoms with Crippen molar-refractivity contribution in [1.82, 2.24) is 20.2 Å². The summed E-state index contributed by atoms with van der Waals surface area (Å²) in [5.41, 5.74) is 2.14. The van der Waals surface area contributed by atoms with Crippen molar-refractivity contribution >= 4 is 28.2 Å². The highest BCUT2D eigenvalue weighted by atomic mass is 32.1. The summed E-state index contributed by atoms with van der Waals surface area (Å²) in [6.07, 6.45) is 3.52. The maximum Gasteiger partial charge on any atom is 0.253 e. The first kappa shape index (κ1) is 21.1. The number of H-pyrrole nitrogens is 1. The summed E-state index contributed by atoms with van der Waals surface area (Å²) in [7, 11) is 1.64. The molecule has 31 heavy (non-hydrogen) atoms. The highest BCUT2D eigenvalue weighted by Gasteiger charge is 2.17. The smallest absolute Gasteiger partial charge is 0.253 e. The second kappa shape index (κ2) is 9.76. The third kappa shape index (κ3) is 5.12. The predicted octanol–water partition coefficient (Wildman–Crippen LogP) is 2.22. The predicted molar refractivity (Wildman–Crippen MR) is 122 cm³/mol. The lowest BCUT2D eigenvalue weighted by Gasteiger charge is -2.26. The molecule has 0 unspecified atom stereocenters. The first-order valence-corrected chi connectivity index (χ1v) is 10.4. The average Bonchev–Trinajstić information content (AvgIpc) is 2.78. The molecule has 0 radical (unpaired) electrons. The summed E-state index contributed by atoms with van der Waals surface area (Å²) in [5.74, 6) is 1.32.